The average molecular weight is 278 g/mol. The summed E-state index contributed by atoms with van der Waals surface area (Å²) in [6, 6.07) is 9.49. The molecule has 0 radical (unpaired) electrons. The first-order chi connectivity index (χ1) is 9.58. The Morgan fingerprint density at radius 3 is 2.60 bits per heavy atom. The fourth-order valence-corrected chi connectivity index (χ4v) is 2.98. The second kappa shape index (κ2) is 4.02. The Balaban J connectivity index is 1.60. The van der Waals surface area contributed by atoms with Gasteiger partial charge in [0.25, 0.3) is 0 Å². The van der Waals surface area contributed by atoms with Crippen molar-refractivity contribution in [2.75, 3.05) is 0 Å². The molecule has 6 heteroatoms. The SMILES string of the molecule is CC1(c2ccccc2)OC2O[C@H]3[C@H](OC(=O)[C@@H]3O)[C@@H]2O1. The van der Waals surface area contributed by atoms with Gasteiger partial charge in [0, 0.05) is 5.56 Å². The van der Waals surface area contributed by atoms with Crippen molar-refractivity contribution in [3.63, 3.8) is 0 Å². The standard InChI is InChI=1S/C14H14O6/c1-14(7-5-3-2-4-6-7)19-11-10-9(18-13(11)20-14)8(15)12(16)17-10/h2-6,8-11,13,15H,1H3/t8-,9-,10+,11+,13?,14?/m1/s1. The number of fused-ring (bicyclic) bond motifs is 3. The summed E-state index contributed by atoms with van der Waals surface area (Å²) < 4.78 is 22.5. The van der Waals surface area contributed by atoms with Crippen LogP contribution in [0.15, 0.2) is 30.3 Å². The largest absolute Gasteiger partial charge is 0.454 e. The highest BCUT2D eigenvalue weighted by atomic mass is 16.8. The number of carbonyl (C=O) groups is 1. The van der Waals surface area contributed by atoms with Crippen LogP contribution in [0.1, 0.15) is 12.5 Å². The maximum atomic E-state index is 11.4. The highest BCUT2D eigenvalue weighted by Crippen LogP contribution is 2.46. The third-order valence-electron chi connectivity index (χ3n) is 4.01. The molecule has 0 aliphatic carbocycles. The van der Waals surface area contributed by atoms with Crippen LogP contribution in [0, 0.1) is 0 Å². The van der Waals surface area contributed by atoms with Crippen molar-refractivity contribution in [2.24, 2.45) is 0 Å². The predicted octanol–water partition coefficient (Wildman–Crippen LogP) is 0.286. The Bertz CT molecular complexity index is 546. The Hall–Kier alpha value is -1.47. The van der Waals surface area contributed by atoms with Gasteiger partial charge in [-0.2, -0.15) is 0 Å². The molecule has 0 bridgehead atoms. The smallest absolute Gasteiger partial charge is 0.338 e. The lowest BCUT2D eigenvalue weighted by atomic mass is 10.1. The Kier molecular flexibility index (Phi) is 2.47. The molecule has 3 aliphatic heterocycles. The number of hydrogen-bond donors (Lipinski definition) is 1. The molecule has 4 rings (SSSR count). The number of ether oxygens (including phenoxy) is 4. The minimum Gasteiger partial charge on any atom is -0.454 e. The van der Waals surface area contributed by atoms with Gasteiger partial charge in [0.05, 0.1) is 0 Å². The summed E-state index contributed by atoms with van der Waals surface area (Å²) in [7, 11) is 0. The van der Waals surface area contributed by atoms with E-state index < -0.39 is 42.5 Å². The van der Waals surface area contributed by atoms with Gasteiger partial charge in [0.1, 0.15) is 6.10 Å². The van der Waals surface area contributed by atoms with E-state index in [2.05, 4.69) is 0 Å². The first kappa shape index (κ1) is 12.3. The zero-order valence-electron chi connectivity index (χ0n) is 10.8. The van der Waals surface area contributed by atoms with Crippen LogP contribution in [0.5, 0.6) is 0 Å². The highest BCUT2D eigenvalue weighted by Gasteiger charge is 2.63. The second-order valence-electron chi connectivity index (χ2n) is 5.33. The van der Waals surface area contributed by atoms with Gasteiger partial charge >= 0.3 is 5.97 Å². The zero-order chi connectivity index (χ0) is 13.9. The molecule has 0 amide bonds. The maximum absolute atomic E-state index is 11.4. The third kappa shape index (κ3) is 1.56. The number of hydrogen-bond acceptors (Lipinski definition) is 6. The highest BCUT2D eigenvalue weighted by molar-refractivity contribution is 5.78. The van der Waals surface area contributed by atoms with E-state index in [1.165, 1.54) is 0 Å². The molecule has 106 valence electrons. The van der Waals surface area contributed by atoms with E-state index in [4.69, 9.17) is 18.9 Å². The lowest BCUT2D eigenvalue weighted by molar-refractivity contribution is -0.230. The molecule has 3 fully saturated rings. The summed E-state index contributed by atoms with van der Waals surface area (Å²) in [5.74, 6) is -1.61. The molecular weight excluding hydrogens is 264 g/mol. The van der Waals surface area contributed by atoms with Crippen molar-refractivity contribution in [3.8, 4) is 0 Å². The molecule has 20 heavy (non-hydrogen) atoms. The second-order valence-corrected chi connectivity index (χ2v) is 5.33. The molecule has 3 aliphatic rings. The molecule has 6 atom stereocenters. The van der Waals surface area contributed by atoms with Gasteiger partial charge in [-0.1, -0.05) is 30.3 Å². The van der Waals surface area contributed by atoms with E-state index in [1.807, 2.05) is 30.3 Å². The molecule has 2 unspecified atom stereocenters. The third-order valence-corrected chi connectivity index (χ3v) is 4.01. The van der Waals surface area contributed by atoms with Crippen LogP contribution in [0.4, 0.5) is 0 Å². The normalized spacial score (nSPS) is 46.1. The summed E-state index contributed by atoms with van der Waals surface area (Å²) >= 11 is 0. The van der Waals surface area contributed by atoms with Gasteiger partial charge in [-0.3, -0.25) is 0 Å². The number of aliphatic hydroxyl groups excluding tert-OH is 1. The Labute approximate surface area is 115 Å². The summed E-state index contributed by atoms with van der Waals surface area (Å²) in [5, 5.41) is 9.66. The maximum Gasteiger partial charge on any atom is 0.338 e. The number of carbonyl (C=O) groups excluding carboxylic acids is 1. The Morgan fingerprint density at radius 2 is 1.85 bits per heavy atom. The first-order valence-electron chi connectivity index (χ1n) is 6.54. The lowest BCUT2D eigenvalue weighted by Crippen LogP contribution is -2.35. The molecule has 0 saturated carbocycles. The fraction of sp³-hybridized carbons (Fsp3) is 0.500. The van der Waals surface area contributed by atoms with Gasteiger partial charge in [0.15, 0.2) is 30.4 Å². The number of esters is 1. The minimum atomic E-state index is -1.26. The lowest BCUT2D eigenvalue weighted by Gasteiger charge is -2.26. The van der Waals surface area contributed by atoms with Crippen molar-refractivity contribution in [1.82, 2.24) is 0 Å². The quantitative estimate of drug-likeness (QED) is 0.744. The molecule has 1 N–H and O–H groups in total. The molecular formula is C14H14O6. The van der Waals surface area contributed by atoms with Gasteiger partial charge < -0.3 is 24.1 Å². The summed E-state index contributed by atoms with van der Waals surface area (Å²) in [6.07, 6.45) is -3.75. The van der Waals surface area contributed by atoms with Crippen molar-refractivity contribution >= 4 is 5.97 Å². The van der Waals surface area contributed by atoms with Crippen LogP contribution in [-0.4, -0.2) is 41.8 Å². The van der Waals surface area contributed by atoms with Gasteiger partial charge in [-0.05, 0) is 6.92 Å². The van der Waals surface area contributed by atoms with Gasteiger partial charge in [-0.15, -0.1) is 0 Å². The van der Waals surface area contributed by atoms with Crippen molar-refractivity contribution < 1.29 is 28.8 Å². The van der Waals surface area contributed by atoms with Crippen LogP contribution in [0.2, 0.25) is 0 Å². The molecule has 3 saturated heterocycles. The van der Waals surface area contributed by atoms with Crippen LogP contribution >= 0.6 is 0 Å². The molecule has 0 aromatic heterocycles. The first-order valence-corrected chi connectivity index (χ1v) is 6.54. The predicted molar refractivity (Wildman–Crippen MR) is 64.3 cm³/mol. The van der Waals surface area contributed by atoms with E-state index in [1.54, 1.807) is 6.92 Å². The van der Waals surface area contributed by atoms with Crippen molar-refractivity contribution in [2.45, 2.75) is 43.4 Å². The van der Waals surface area contributed by atoms with Gasteiger partial charge in [0.2, 0.25) is 0 Å². The summed E-state index contributed by atoms with van der Waals surface area (Å²) in [6.45, 7) is 1.80. The summed E-state index contributed by atoms with van der Waals surface area (Å²) in [4.78, 5) is 11.4. The molecule has 1 aromatic rings. The topological polar surface area (TPSA) is 74.2 Å². The fourth-order valence-electron chi connectivity index (χ4n) is 2.98. The van der Waals surface area contributed by atoms with Crippen LogP contribution in [0.3, 0.4) is 0 Å². The van der Waals surface area contributed by atoms with Crippen LogP contribution in [-0.2, 0) is 29.5 Å². The Morgan fingerprint density at radius 1 is 1.10 bits per heavy atom. The molecule has 6 nitrogen and oxygen atoms in total. The molecule has 0 spiro atoms. The van der Waals surface area contributed by atoms with Crippen molar-refractivity contribution in [1.29, 1.82) is 0 Å². The monoisotopic (exact) mass is 278 g/mol. The average Bonchev–Trinajstić information content (AvgIpc) is 3.03. The summed E-state index contributed by atoms with van der Waals surface area (Å²) in [5.41, 5.74) is 0.861. The van der Waals surface area contributed by atoms with Gasteiger partial charge in [-0.25, -0.2) is 4.79 Å². The van der Waals surface area contributed by atoms with Crippen LogP contribution < -0.4 is 0 Å². The van der Waals surface area contributed by atoms with Crippen LogP contribution in [0.25, 0.3) is 0 Å². The molecule has 1 aromatic carbocycles. The number of rotatable bonds is 1. The van der Waals surface area contributed by atoms with E-state index in [-0.39, 0.29) is 0 Å². The van der Waals surface area contributed by atoms with E-state index in [0.717, 1.165) is 5.56 Å². The van der Waals surface area contributed by atoms with E-state index in [9.17, 15) is 9.90 Å². The zero-order valence-corrected chi connectivity index (χ0v) is 10.8. The number of benzene rings is 1. The minimum absolute atomic E-state index is 0.522. The van der Waals surface area contributed by atoms with Crippen molar-refractivity contribution in [3.05, 3.63) is 35.9 Å². The number of aliphatic hydroxyl groups is 1. The molecule has 3 heterocycles. The van der Waals surface area contributed by atoms with E-state index in [0.29, 0.717) is 0 Å². The van der Waals surface area contributed by atoms with E-state index >= 15 is 0 Å².